The molecule has 3 amide bonds. The molecule has 2 rings (SSSR count). The highest BCUT2D eigenvalue weighted by Crippen LogP contribution is 2.33. The van der Waals surface area contributed by atoms with Gasteiger partial charge in [-0.15, -0.1) is 11.3 Å². The summed E-state index contributed by atoms with van der Waals surface area (Å²) in [5.74, 6) is -0.189. The SMILES string of the molecule is Cc1sc2ncnc(OCC(=O)NC(=O)NC(C)(C)C)c2c1C. The summed E-state index contributed by atoms with van der Waals surface area (Å²) >= 11 is 1.55. The summed E-state index contributed by atoms with van der Waals surface area (Å²) in [4.78, 5) is 33.7. The minimum absolute atomic E-state index is 0.294. The molecule has 0 aromatic carbocycles. The number of aryl methyl sites for hydroxylation is 2. The van der Waals surface area contributed by atoms with E-state index >= 15 is 0 Å². The number of nitrogens with zero attached hydrogens (tertiary/aromatic N) is 2. The largest absolute Gasteiger partial charge is 0.467 e. The zero-order chi connectivity index (χ0) is 17.2. The first-order valence-electron chi connectivity index (χ1n) is 7.13. The van der Waals surface area contributed by atoms with Gasteiger partial charge in [0, 0.05) is 10.4 Å². The monoisotopic (exact) mass is 336 g/mol. The summed E-state index contributed by atoms with van der Waals surface area (Å²) < 4.78 is 5.47. The summed E-state index contributed by atoms with van der Waals surface area (Å²) in [6, 6.07) is -0.554. The molecular formula is C15H20N4O3S. The second kappa shape index (κ2) is 6.49. The lowest BCUT2D eigenvalue weighted by Gasteiger charge is -2.20. The van der Waals surface area contributed by atoms with E-state index in [1.807, 2.05) is 34.6 Å². The van der Waals surface area contributed by atoms with E-state index in [1.165, 1.54) is 6.33 Å². The van der Waals surface area contributed by atoms with Gasteiger partial charge >= 0.3 is 6.03 Å². The van der Waals surface area contributed by atoms with Crippen LogP contribution in [-0.4, -0.2) is 34.1 Å². The van der Waals surface area contributed by atoms with E-state index in [1.54, 1.807) is 11.3 Å². The van der Waals surface area contributed by atoms with Crippen molar-refractivity contribution in [3.8, 4) is 5.88 Å². The first kappa shape index (κ1) is 17.1. The van der Waals surface area contributed by atoms with Gasteiger partial charge in [0.05, 0.1) is 5.39 Å². The number of hydrogen-bond acceptors (Lipinski definition) is 6. The molecule has 2 heterocycles. The molecule has 7 nitrogen and oxygen atoms in total. The summed E-state index contributed by atoms with van der Waals surface area (Å²) in [6.45, 7) is 9.14. The standard InChI is InChI=1S/C15H20N4O3S/c1-8-9(2)23-13-11(8)12(16-7-17-13)22-6-10(20)18-14(21)19-15(3,4)5/h7H,6H2,1-5H3,(H2,18,19,20,21). The molecule has 124 valence electrons. The molecule has 0 spiro atoms. The van der Waals surface area contributed by atoms with Gasteiger partial charge in [0.2, 0.25) is 5.88 Å². The Morgan fingerprint density at radius 1 is 1.26 bits per heavy atom. The van der Waals surface area contributed by atoms with Crippen LogP contribution in [0.5, 0.6) is 5.88 Å². The second-order valence-corrected chi connectivity index (χ2v) is 7.39. The van der Waals surface area contributed by atoms with E-state index in [-0.39, 0.29) is 6.61 Å². The first-order valence-corrected chi connectivity index (χ1v) is 7.94. The second-order valence-electron chi connectivity index (χ2n) is 6.18. The Morgan fingerprint density at radius 3 is 2.61 bits per heavy atom. The molecule has 0 saturated carbocycles. The molecule has 0 aliphatic heterocycles. The number of nitrogens with one attached hydrogen (secondary N) is 2. The number of thiophene rings is 1. The lowest BCUT2D eigenvalue weighted by Crippen LogP contribution is -2.49. The number of rotatable bonds is 3. The van der Waals surface area contributed by atoms with Gasteiger partial charge in [0.15, 0.2) is 6.61 Å². The van der Waals surface area contributed by atoms with Crippen molar-refractivity contribution in [1.29, 1.82) is 0 Å². The fourth-order valence-electron chi connectivity index (χ4n) is 1.93. The molecule has 2 aromatic heterocycles. The zero-order valence-corrected chi connectivity index (χ0v) is 14.6. The molecule has 0 atom stereocenters. The third kappa shape index (κ3) is 4.38. The van der Waals surface area contributed by atoms with E-state index in [0.717, 1.165) is 20.7 Å². The quantitative estimate of drug-likeness (QED) is 0.897. The van der Waals surface area contributed by atoms with Crippen LogP contribution >= 0.6 is 11.3 Å². The molecule has 0 saturated heterocycles. The highest BCUT2D eigenvalue weighted by atomic mass is 32.1. The molecule has 0 unspecified atom stereocenters. The van der Waals surface area contributed by atoms with Crippen molar-refractivity contribution in [3.63, 3.8) is 0 Å². The van der Waals surface area contributed by atoms with Crippen LogP contribution in [0.2, 0.25) is 0 Å². The van der Waals surface area contributed by atoms with Gasteiger partial charge in [-0.05, 0) is 40.2 Å². The normalized spacial score (nSPS) is 11.3. The van der Waals surface area contributed by atoms with Crippen molar-refractivity contribution in [1.82, 2.24) is 20.6 Å². The number of amides is 3. The fraction of sp³-hybridized carbons (Fsp3) is 0.467. The van der Waals surface area contributed by atoms with Crippen molar-refractivity contribution >= 4 is 33.5 Å². The fourth-order valence-corrected chi connectivity index (χ4v) is 2.92. The lowest BCUT2D eigenvalue weighted by molar-refractivity contribution is -0.122. The van der Waals surface area contributed by atoms with Gasteiger partial charge in [-0.25, -0.2) is 14.8 Å². The third-order valence-electron chi connectivity index (χ3n) is 3.01. The van der Waals surface area contributed by atoms with Gasteiger partial charge < -0.3 is 10.1 Å². The maximum Gasteiger partial charge on any atom is 0.321 e. The van der Waals surface area contributed by atoms with Crippen molar-refractivity contribution in [2.24, 2.45) is 0 Å². The number of fused-ring (bicyclic) bond motifs is 1. The molecule has 2 N–H and O–H groups in total. The van der Waals surface area contributed by atoms with Crippen LogP contribution in [0.15, 0.2) is 6.33 Å². The average molecular weight is 336 g/mol. The zero-order valence-electron chi connectivity index (χ0n) is 13.8. The first-order chi connectivity index (χ1) is 10.7. The van der Waals surface area contributed by atoms with Gasteiger partial charge in [-0.3, -0.25) is 10.1 Å². The van der Waals surface area contributed by atoms with Crippen molar-refractivity contribution in [2.45, 2.75) is 40.2 Å². The lowest BCUT2D eigenvalue weighted by atomic mass is 10.1. The molecule has 23 heavy (non-hydrogen) atoms. The Balaban J connectivity index is 2.01. The average Bonchev–Trinajstić information content (AvgIpc) is 2.70. The minimum Gasteiger partial charge on any atom is -0.467 e. The Kier molecular flexibility index (Phi) is 4.84. The van der Waals surface area contributed by atoms with E-state index in [2.05, 4.69) is 20.6 Å². The number of hydrogen-bond donors (Lipinski definition) is 2. The molecule has 0 fully saturated rings. The predicted molar refractivity (Wildman–Crippen MR) is 88.8 cm³/mol. The van der Waals surface area contributed by atoms with Crippen LogP contribution in [0, 0.1) is 13.8 Å². The molecular weight excluding hydrogens is 316 g/mol. The smallest absolute Gasteiger partial charge is 0.321 e. The highest BCUT2D eigenvalue weighted by molar-refractivity contribution is 7.18. The third-order valence-corrected chi connectivity index (χ3v) is 4.13. The van der Waals surface area contributed by atoms with Gasteiger partial charge in [0.1, 0.15) is 11.2 Å². The molecule has 0 aliphatic rings. The van der Waals surface area contributed by atoms with E-state index < -0.39 is 17.5 Å². The number of imide groups is 1. The van der Waals surface area contributed by atoms with Crippen molar-refractivity contribution < 1.29 is 14.3 Å². The molecule has 8 heteroatoms. The van der Waals surface area contributed by atoms with E-state index in [4.69, 9.17) is 4.74 Å². The Bertz CT molecular complexity index is 749. The number of urea groups is 1. The van der Waals surface area contributed by atoms with Crippen LogP contribution in [-0.2, 0) is 4.79 Å². The summed E-state index contributed by atoms with van der Waals surface area (Å²) in [6.07, 6.45) is 1.40. The van der Waals surface area contributed by atoms with Crippen molar-refractivity contribution in [3.05, 3.63) is 16.8 Å². The van der Waals surface area contributed by atoms with Gasteiger partial charge in [-0.1, -0.05) is 0 Å². The Hall–Kier alpha value is -2.22. The number of carbonyl (C=O) groups is 2. The van der Waals surface area contributed by atoms with Crippen LogP contribution in [0.1, 0.15) is 31.2 Å². The molecule has 0 aliphatic carbocycles. The van der Waals surface area contributed by atoms with Crippen LogP contribution < -0.4 is 15.4 Å². The summed E-state index contributed by atoms with van der Waals surface area (Å²) in [5.41, 5.74) is 0.613. The molecule has 2 aromatic rings. The molecule has 0 bridgehead atoms. The summed E-state index contributed by atoms with van der Waals surface area (Å²) in [5, 5.41) is 5.67. The highest BCUT2D eigenvalue weighted by Gasteiger charge is 2.17. The number of carbonyl (C=O) groups excluding carboxylic acids is 2. The summed E-state index contributed by atoms with van der Waals surface area (Å²) in [7, 11) is 0. The Labute approximate surface area is 138 Å². The van der Waals surface area contributed by atoms with Crippen molar-refractivity contribution in [2.75, 3.05) is 6.61 Å². The number of ether oxygens (including phenoxy) is 1. The van der Waals surface area contributed by atoms with E-state index in [9.17, 15) is 9.59 Å². The van der Waals surface area contributed by atoms with Gasteiger partial charge in [0.25, 0.3) is 5.91 Å². The van der Waals surface area contributed by atoms with Crippen LogP contribution in [0.3, 0.4) is 0 Å². The van der Waals surface area contributed by atoms with E-state index in [0.29, 0.717) is 5.88 Å². The van der Waals surface area contributed by atoms with Crippen LogP contribution in [0.25, 0.3) is 10.2 Å². The topological polar surface area (TPSA) is 93.2 Å². The minimum atomic E-state index is -0.554. The van der Waals surface area contributed by atoms with Crippen LogP contribution in [0.4, 0.5) is 4.79 Å². The van der Waals surface area contributed by atoms with Gasteiger partial charge in [-0.2, -0.15) is 0 Å². The maximum absolute atomic E-state index is 11.8. The Morgan fingerprint density at radius 2 is 1.96 bits per heavy atom. The predicted octanol–water partition coefficient (Wildman–Crippen LogP) is 2.31. The maximum atomic E-state index is 11.8. The molecule has 0 radical (unpaired) electrons. The number of aromatic nitrogens is 2.